The van der Waals surface area contributed by atoms with Gasteiger partial charge in [0.15, 0.2) is 0 Å². The normalized spacial score (nSPS) is 13.9. The van der Waals surface area contributed by atoms with E-state index in [1.54, 1.807) is 0 Å². The highest BCUT2D eigenvalue weighted by atomic mass is 16.5. The summed E-state index contributed by atoms with van der Waals surface area (Å²) in [6.45, 7) is 6.34. The number of hydrogen-bond donors (Lipinski definition) is 3. The number of rotatable bonds is 40. The van der Waals surface area contributed by atoms with Crippen molar-refractivity contribution in [3.05, 3.63) is 60.8 Å². The Morgan fingerprint density at radius 2 is 0.964 bits per heavy atom. The molecule has 3 N–H and O–H groups in total. The van der Waals surface area contributed by atoms with Gasteiger partial charge >= 0.3 is 5.97 Å². The molecule has 0 aromatic rings. The molecule has 55 heavy (non-hydrogen) atoms. The molecule has 0 aliphatic carbocycles. The van der Waals surface area contributed by atoms with Crippen LogP contribution in [0.4, 0.5) is 0 Å². The summed E-state index contributed by atoms with van der Waals surface area (Å²) in [5, 5.41) is 23.6. The Morgan fingerprint density at radius 1 is 0.527 bits per heavy atom. The number of nitrogens with one attached hydrogen (secondary N) is 1. The van der Waals surface area contributed by atoms with E-state index in [4.69, 9.17) is 4.74 Å². The van der Waals surface area contributed by atoms with Gasteiger partial charge in [-0.25, -0.2) is 0 Å². The maximum atomic E-state index is 13.1. The molecular formula is C49H87NO5. The predicted molar refractivity (Wildman–Crippen MR) is 236 cm³/mol. The number of carbonyl (C=O) groups is 2. The highest BCUT2D eigenvalue weighted by Gasteiger charge is 2.24. The van der Waals surface area contributed by atoms with Crippen LogP contribution in [0.1, 0.15) is 213 Å². The minimum Gasteiger partial charge on any atom is -0.462 e. The summed E-state index contributed by atoms with van der Waals surface area (Å²) < 4.78 is 5.88. The quantitative estimate of drug-likeness (QED) is 0.0328. The van der Waals surface area contributed by atoms with Crippen LogP contribution in [0.25, 0.3) is 0 Å². The maximum Gasteiger partial charge on any atom is 0.306 e. The molecule has 0 saturated carbocycles. The molecule has 0 rings (SSSR count). The summed E-state index contributed by atoms with van der Waals surface area (Å²) in [7, 11) is 0. The summed E-state index contributed by atoms with van der Waals surface area (Å²) in [6, 6.07) is -0.704. The van der Waals surface area contributed by atoms with Crippen molar-refractivity contribution in [3.63, 3.8) is 0 Å². The van der Waals surface area contributed by atoms with Crippen molar-refractivity contribution < 1.29 is 24.5 Å². The van der Waals surface area contributed by atoms with Gasteiger partial charge in [-0.2, -0.15) is 0 Å². The average Bonchev–Trinajstić information content (AvgIpc) is 3.18. The van der Waals surface area contributed by atoms with E-state index in [-0.39, 0.29) is 24.9 Å². The molecule has 0 aromatic heterocycles. The van der Waals surface area contributed by atoms with E-state index in [1.165, 1.54) is 83.5 Å². The van der Waals surface area contributed by atoms with E-state index in [2.05, 4.69) is 62.5 Å². The number of aliphatic hydroxyl groups is 2. The first kappa shape index (κ1) is 52.6. The Morgan fingerprint density at radius 3 is 1.47 bits per heavy atom. The first-order valence-corrected chi connectivity index (χ1v) is 23.1. The second-order valence-electron chi connectivity index (χ2n) is 15.6. The van der Waals surface area contributed by atoms with Crippen LogP contribution in [-0.2, 0) is 14.3 Å². The van der Waals surface area contributed by atoms with Gasteiger partial charge in [0, 0.05) is 6.42 Å². The molecule has 3 atom stereocenters. The van der Waals surface area contributed by atoms with Gasteiger partial charge in [0.25, 0.3) is 0 Å². The number of carbonyl (C=O) groups excluding carboxylic acids is 2. The minimum atomic E-state index is -0.789. The SMILES string of the molecule is CCC/C=C/C=C/C=C/C=C/C=C/CCCCCCCC(=O)OC(CCCCCCCCCCC)CC(=O)NC(CO)C(O)CCCCCCCCCCC. The Kier molecular flexibility index (Phi) is 40.8. The Bertz CT molecular complexity index is 999. The number of unbranched alkanes of at least 4 members (excludes halogenated alkanes) is 22. The number of aliphatic hydroxyl groups excluding tert-OH is 2. The first-order valence-electron chi connectivity index (χ1n) is 23.1. The fourth-order valence-electron chi connectivity index (χ4n) is 6.69. The zero-order valence-corrected chi connectivity index (χ0v) is 36.0. The van der Waals surface area contributed by atoms with E-state index in [0.29, 0.717) is 19.3 Å². The van der Waals surface area contributed by atoms with Crippen molar-refractivity contribution in [2.75, 3.05) is 6.61 Å². The lowest BCUT2D eigenvalue weighted by atomic mass is 10.0. The van der Waals surface area contributed by atoms with Gasteiger partial charge in [0.05, 0.1) is 25.2 Å². The molecule has 0 aliphatic rings. The summed E-state index contributed by atoms with van der Waals surface area (Å²) in [5.74, 6) is -0.507. The lowest BCUT2D eigenvalue weighted by Crippen LogP contribution is -2.46. The molecule has 3 unspecified atom stereocenters. The van der Waals surface area contributed by atoms with Crippen LogP contribution in [-0.4, -0.2) is 46.9 Å². The van der Waals surface area contributed by atoms with Crippen molar-refractivity contribution in [2.24, 2.45) is 0 Å². The molecule has 318 valence electrons. The van der Waals surface area contributed by atoms with E-state index in [0.717, 1.165) is 83.5 Å². The fourth-order valence-corrected chi connectivity index (χ4v) is 6.69. The Hall–Kier alpha value is -2.44. The second kappa shape index (κ2) is 42.7. The largest absolute Gasteiger partial charge is 0.462 e. The summed E-state index contributed by atoms with van der Waals surface area (Å²) in [5.41, 5.74) is 0. The molecule has 0 heterocycles. The highest BCUT2D eigenvalue weighted by Crippen LogP contribution is 2.17. The van der Waals surface area contributed by atoms with Crippen molar-refractivity contribution in [1.29, 1.82) is 0 Å². The highest BCUT2D eigenvalue weighted by molar-refractivity contribution is 5.77. The van der Waals surface area contributed by atoms with E-state index in [1.807, 2.05) is 24.3 Å². The molecule has 0 bridgehead atoms. The van der Waals surface area contributed by atoms with Crippen LogP contribution in [0.5, 0.6) is 0 Å². The van der Waals surface area contributed by atoms with E-state index in [9.17, 15) is 19.8 Å². The van der Waals surface area contributed by atoms with E-state index >= 15 is 0 Å². The molecule has 6 nitrogen and oxygen atoms in total. The molecule has 0 spiro atoms. The summed E-state index contributed by atoms with van der Waals surface area (Å²) >= 11 is 0. The van der Waals surface area contributed by atoms with Crippen molar-refractivity contribution >= 4 is 11.9 Å². The topological polar surface area (TPSA) is 95.9 Å². The average molecular weight is 770 g/mol. The Balaban J connectivity index is 4.56. The minimum absolute atomic E-state index is 0.0662. The van der Waals surface area contributed by atoms with Crippen LogP contribution in [0.3, 0.4) is 0 Å². The van der Waals surface area contributed by atoms with Crippen LogP contribution in [0.15, 0.2) is 60.8 Å². The summed E-state index contributed by atoms with van der Waals surface area (Å²) in [4.78, 5) is 25.9. The third-order valence-electron chi connectivity index (χ3n) is 10.2. The molecule has 0 saturated heterocycles. The second-order valence-corrected chi connectivity index (χ2v) is 15.6. The molecule has 1 amide bonds. The monoisotopic (exact) mass is 770 g/mol. The standard InChI is InChI=1S/C49H87NO5/c1-4-7-10-13-16-19-20-21-22-23-24-25-26-27-30-33-36-39-42-49(54)55-45(40-37-34-31-28-17-14-11-8-5-2)43-48(53)50-46(44-51)47(52)41-38-35-32-29-18-15-12-9-6-3/h10,13,16,19-25,45-47,51-52H,4-9,11-12,14-15,17-18,26-44H2,1-3H3,(H,50,53)/b13-10+,19-16+,21-20+,23-22+,25-24+. The third-order valence-corrected chi connectivity index (χ3v) is 10.2. The third kappa shape index (κ3) is 38.2. The summed E-state index contributed by atoms with van der Waals surface area (Å²) in [6.07, 6.45) is 51.3. The zero-order chi connectivity index (χ0) is 40.3. The molecule has 0 aromatic carbocycles. The number of allylic oxidation sites excluding steroid dienone is 10. The van der Waals surface area contributed by atoms with Gasteiger partial charge in [-0.05, 0) is 44.9 Å². The van der Waals surface area contributed by atoms with Crippen LogP contribution in [0, 0.1) is 0 Å². The van der Waals surface area contributed by atoms with Gasteiger partial charge < -0.3 is 20.3 Å². The fraction of sp³-hybridized carbons (Fsp3) is 0.755. The number of ether oxygens (including phenoxy) is 1. The molecule has 6 heteroatoms. The van der Waals surface area contributed by atoms with Gasteiger partial charge in [-0.1, -0.05) is 216 Å². The number of hydrogen-bond acceptors (Lipinski definition) is 5. The van der Waals surface area contributed by atoms with Crippen molar-refractivity contribution in [3.8, 4) is 0 Å². The van der Waals surface area contributed by atoms with Crippen LogP contribution >= 0.6 is 0 Å². The number of esters is 1. The van der Waals surface area contributed by atoms with Crippen LogP contribution < -0.4 is 5.32 Å². The lowest BCUT2D eigenvalue weighted by molar-refractivity contribution is -0.151. The predicted octanol–water partition coefficient (Wildman–Crippen LogP) is 13.3. The molecule has 0 radical (unpaired) electrons. The zero-order valence-electron chi connectivity index (χ0n) is 36.0. The first-order chi connectivity index (χ1) is 27.0. The van der Waals surface area contributed by atoms with Gasteiger partial charge in [0.1, 0.15) is 6.10 Å². The molecule has 0 aliphatic heterocycles. The molecule has 0 fully saturated rings. The smallest absolute Gasteiger partial charge is 0.306 e. The van der Waals surface area contributed by atoms with Gasteiger partial charge in [0.2, 0.25) is 5.91 Å². The lowest BCUT2D eigenvalue weighted by Gasteiger charge is -2.24. The maximum absolute atomic E-state index is 13.1. The van der Waals surface area contributed by atoms with Gasteiger partial charge in [-0.15, -0.1) is 0 Å². The number of amides is 1. The van der Waals surface area contributed by atoms with E-state index < -0.39 is 18.2 Å². The van der Waals surface area contributed by atoms with Crippen LogP contribution in [0.2, 0.25) is 0 Å². The van der Waals surface area contributed by atoms with Gasteiger partial charge in [-0.3, -0.25) is 9.59 Å². The van der Waals surface area contributed by atoms with Crippen molar-refractivity contribution in [2.45, 2.75) is 232 Å². The molecular weight excluding hydrogens is 683 g/mol. The van der Waals surface area contributed by atoms with Crippen molar-refractivity contribution in [1.82, 2.24) is 5.32 Å². The Labute approximate surface area is 339 Å².